The SMILES string of the molecule is C=C=C(Cc1ccc(Nc2cc3c(cn2)CCNC3)cn1)OC. The molecule has 0 unspecified atom stereocenters. The lowest BCUT2D eigenvalue weighted by Gasteiger charge is -2.17. The van der Waals surface area contributed by atoms with E-state index in [2.05, 4.69) is 39.0 Å². The summed E-state index contributed by atoms with van der Waals surface area (Å²) in [5.74, 6) is 1.52. The van der Waals surface area contributed by atoms with Crippen LogP contribution < -0.4 is 10.6 Å². The predicted molar refractivity (Wildman–Crippen MR) is 90.5 cm³/mol. The van der Waals surface area contributed by atoms with Crippen LogP contribution in [0.2, 0.25) is 0 Å². The minimum absolute atomic E-state index is 0.586. The van der Waals surface area contributed by atoms with Crippen LogP contribution in [0.25, 0.3) is 0 Å². The summed E-state index contributed by atoms with van der Waals surface area (Å²) < 4.78 is 5.15. The number of methoxy groups -OCH3 is 1. The molecule has 3 heterocycles. The molecular formula is C18H20N4O. The molecule has 0 fully saturated rings. The van der Waals surface area contributed by atoms with Gasteiger partial charge in [-0.1, -0.05) is 12.3 Å². The van der Waals surface area contributed by atoms with E-state index in [1.54, 1.807) is 13.3 Å². The normalized spacial score (nSPS) is 12.9. The van der Waals surface area contributed by atoms with Crippen molar-refractivity contribution in [2.24, 2.45) is 0 Å². The van der Waals surface area contributed by atoms with Gasteiger partial charge in [-0.2, -0.15) is 0 Å². The summed E-state index contributed by atoms with van der Waals surface area (Å²) in [5.41, 5.74) is 7.20. The van der Waals surface area contributed by atoms with E-state index in [9.17, 15) is 0 Å². The molecule has 0 aromatic carbocycles. The van der Waals surface area contributed by atoms with Crippen molar-refractivity contribution in [2.75, 3.05) is 19.0 Å². The van der Waals surface area contributed by atoms with Gasteiger partial charge in [0.05, 0.1) is 25.4 Å². The van der Waals surface area contributed by atoms with E-state index >= 15 is 0 Å². The zero-order valence-electron chi connectivity index (χ0n) is 13.2. The molecule has 2 N–H and O–H groups in total. The largest absolute Gasteiger partial charge is 0.493 e. The Hall–Kier alpha value is -2.62. The second kappa shape index (κ2) is 7.09. The van der Waals surface area contributed by atoms with Crippen LogP contribution in [0, 0.1) is 0 Å². The van der Waals surface area contributed by atoms with E-state index in [1.165, 1.54) is 11.1 Å². The van der Waals surface area contributed by atoms with E-state index < -0.39 is 0 Å². The van der Waals surface area contributed by atoms with Gasteiger partial charge in [-0.3, -0.25) is 4.98 Å². The lowest BCUT2D eigenvalue weighted by atomic mass is 10.0. The van der Waals surface area contributed by atoms with E-state index in [4.69, 9.17) is 4.74 Å². The maximum Gasteiger partial charge on any atom is 0.143 e. The van der Waals surface area contributed by atoms with Gasteiger partial charge in [0.15, 0.2) is 0 Å². The fourth-order valence-electron chi connectivity index (χ4n) is 2.55. The molecule has 0 amide bonds. The highest BCUT2D eigenvalue weighted by Crippen LogP contribution is 2.20. The summed E-state index contributed by atoms with van der Waals surface area (Å²) in [4.78, 5) is 8.90. The molecule has 23 heavy (non-hydrogen) atoms. The number of ether oxygens (including phenoxy) is 1. The van der Waals surface area contributed by atoms with Crippen molar-refractivity contribution in [3.8, 4) is 0 Å². The molecule has 3 rings (SSSR count). The van der Waals surface area contributed by atoms with E-state index in [0.29, 0.717) is 12.2 Å². The molecule has 118 valence electrons. The first-order chi connectivity index (χ1) is 11.3. The van der Waals surface area contributed by atoms with E-state index in [0.717, 1.165) is 36.7 Å². The van der Waals surface area contributed by atoms with Gasteiger partial charge < -0.3 is 15.4 Å². The molecule has 2 aromatic rings. The summed E-state index contributed by atoms with van der Waals surface area (Å²) in [5, 5.41) is 6.67. The summed E-state index contributed by atoms with van der Waals surface area (Å²) >= 11 is 0. The Morgan fingerprint density at radius 3 is 3.00 bits per heavy atom. The molecule has 5 heteroatoms. The molecule has 0 bridgehead atoms. The van der Waals surface area contributed by atoms with Crippen LogP contribution in [0.15, 0.2) is 48.7 Å². The Morgan fingerprint density at radius 2 is 2.26 bits per heavy atom. The van der Waals surface area contributed by atoms with E-state index in [1.807, 2.05) is 18.3 Å². The zero-order chi connectivity index (χ0) is 16.1. The average Bonchev–Trinajstić information content (AvgIpc) is 2.61. The minimum atomic E-state index is 0.586. The molecule has 0 aliphatic carbocycles. The fourth-order valence-corrected chi connectivity index (χ4v) is 2.55. The van der Waals surface area contributed by atoms with Crippen molar-refractivity contribution in [1.82, 2.24) is 15.3 Å². The first kappa shape index (κ1) is 15.3. The smallest absolute Gasteiger partial charge is 0.143 e. The number of fused-ring (bicyclic) bond motifs is 1. The van der Waals surface area contributed by atoms with Crippen molar-refractivity contribution >= 4 is 11.5 Å². The molecule has 0 saturated carbocycles. The lowest BCUT2D eigenvalue weighted by molar-refractivity contribution is 0.283. The molecular weight excluding hydrogens is 288 g/mol. The Morgan fingerprint density at radius 1 is 1.35 bits per heavy atom. The summed E-state index contributed by atoms with van der Waals surface area (Å²) in [6, 6.07) is 6.04. The topological polar surface area (TPSA) is 59.1 Å². The summed E-state index contributed by atoms with van der Waals surface area (Å²) in [7, 11) is 1.61. The fraction of sp³-hybridized carbons (Fsp3) is 0.278. The predicted octanol–water partition coefficient (Wildman–Crippen LogP) is 2.72. The highest BCUT2D eigenvalue weighted by molar-refractivity contribution is 5.56. The van der Waals surface area contributed by atoms with E-state index in [-0.39, 0.29) is 0 Å². The number of hydrogen-bond donors (Lipinski definition) is 2. The van der Waals surface area contributed by atoms with Gasteiger partial charge in [0, 0.05) is 18.4 Å². The Balaban J connectivity index is 1.70. The molecule has 2 aromatic heterocycles. The number of anilines is 2. The number of hydrogen-bond acceptors (Lipinski definition) is 5. The number of aromatic nitrogens is 2. The first-order valence-electron chi connectivity index (χ1n) is 7.62. The van der Waals surface area contributed by atoms with Crippen molar-refractivity contribution < 1.29 is 4.74 Å². The van der Waals surface area contributed by atoms with Crippen molar-refractivity contribution in [1.29, 1.82) is 0 Å². The van der Waals surface area contributed by atoms with Crippen molar-refractivity contribution in [2.45, 2.75) is 19.4 Å². The van der Waals surface area contributed by atoms with Crippen LogP contribution in [0.1, 0.15) is 16.8 Å². The summed E-state index contributed by atoms with van der Waals surface area (Å²) in [6.07, 6.45) is 5.38. The molecule has 0 atom stereocenters. The van der Waals surface area contributed by atoms with Gasteiger partial charge in [-0.15, -0.1) is 0 Å². The summed E-state index contributed by atoms with van der Waals surface area (Å²) in [6.45, 7) is 5.52. The van der Waals surface area contributed by atoms with Gasteiger partial charge >= 0.3 is 0 Å². The second-order valence-corrected chi connectivity index (χ2v) is 5.41. The zero-order valence-corrected chi connectivity index (χ0v) is 13.2. The number of nitrogens with zero attached hydrogens (tertiary/aromatic N) is 2. The van der Waals surface area contributed by atoms with Crippen LogP contribution >= 0.6 is 0 Å². The molecule has 1 aliphatic heterocycles. The quantitative estimate of drug-likeness (QED) is 0.657. The maximum atomic E-state index is 5.15. The highest BCUT2D eigenvalue weighted by Gasteiger charge is 2.10. The van der Waals surface area contributed by atoms with Gasteiger partial charge in [0.25, 0.3) is 0 Å². The lowest BCUT2D eigenvalue weighted by Crippen LogP contribution is -2.23. The number of rotatable bonds is 5. The number of allylic oxidation sites excluding steroid dienone is 1. The van der Waals surface area contributed by atoms with Gasteiger partial charge in [0.1, 0.15) is 11.6 Å². The third-order valence-corrected chi connectivity index (χ3v) is 3.85. The Bertz CT molecular complexity index is 733. The average molecular weight is 308 g/mol. The van der Waals surface area contributed by atoms with Crippen LogP contribution in [-0.4, -0.2) is 23.6 Å². The second-order valence-electron chi connectivity index (χ2n) is 5.41. The molecule has 0 spiro atoms. The third-order valence-electron chi connectivity index (χ3n) is 3.85. The molecule has 1 aliphatic rings. The third kappa shape index (κ3) is 3.77. The number of pyridine rings is 2. The molecule has 0 saturated heterocycles. The molecule has 5 nitrogen and oxygen atoms in total. The van der Waals surface area contributed by atoms with Gasteiger partial charge in [-0.05, 0) is 42.3 Å². The Kier molecular flexibility index (Phi) is 4.71. The van der Waals surface area contributed by atoms with Crippen molar-refractivity contribution in [3.63, 3.8) is 0 Å². The number of nitrogens with one attached hydrogen (secondary N) is 2. The van der Waals surface area contributed by atoms with Crippen molar-refractivity contribution in [3.05, 3.63) is 65.5 Å². The van der Waals surface area contributed by atoms with Crippen LogP contribution in [0.4, 0.5) is 11.5 Å². The van der Waals surface area contributed by atoms with Crippen LogP contribution in [0.3, 0.4) is 0 Å². The molecule has 0 radical (unpaired) electrons. The monoisotopic (exact) mass is 308 g/mol. The minimum Gasteiger partial charge on any atom is -0.493 e. The first-order valence-corrected chi connectivity index (χ1v) is 7.62. The Labute approximate surface area is 136 Å². The van der Waals surface area contributed by atoms with Crippen LogP contribution in [0.5, 0.6) is 0 Å². The van der Waals surface area contributed by atoms with Gasteiger partial charge in [0.2, 0.25) is 0 Å². The maximum absolute atomic E-state index is 5.15. The van der Waals surface area contributed by atoms with Gasteiger partial charge in [-0.25, -0.2) is 4.98 Å². The van der Waals surface area contributed by atoms with Crippen LogP contribution in [-0.2, 0) is 24.1 Å². The highest BCUT2D eigenvalue weighted by atomic mass is 16.5. The standard InChI is InChI=1S/C18H20N4O/c1-3-17(23-2)9-15-4-5-16(12-20-15)22-18-8-14-10-19-7-6-13(14)11-21-18/h4-5,8,11-12,19H,1,6-7,9-10H2,2H3,(H,21,22).